The van der Waals surface area contributed by atoms with E-state index in [2.05, 4.69) is 30.8 Å². The lowest BCUT2D eigenvalue weighted by molar-refractivity contribution is 0.787. The third kappa shape index (κ3) is 2.84. The molecular weight excluding hydrogens is 232 g/mol. The van der Waals surface area contributed by atoms with Gasteiger partial charge in [0.15, 0.2) is 0 Å². The van der Waals surface area contributed by atoms with Crippen molar-refractivity contribution in [3.63, 3.8) is 0 Å². The van der Waals surface area contributed by atoms with Crippen molar-refractivity contribution in [2.24, 2.45) is 7.05 Å². The van der Waals surface area contributed by atoms with Crippen LogP contribution in [0.3, 0.4) is 0 Å². The minimum Gasteiger partial charge on any atom is -0.373 e. The Bertz CT molecular complexity index is 520. The third-order valence-corrected chi connectivity index (χ3v) is 2.46. The van der Waals surface area contributed by atoms with Crippen LogP contribution in [-0.4, -0.2) is 38.3 Å². The molecule has 2 rings (SSSR count). The number of nitrogens with zero attached hydrogens (tertiary/aromatic N) is 5. The van der Waals surface area contributed by atoms with Crippen LogP contribution in [-0.2, 0) is 13.5 Å². The van der Waals surface area contributed by atoms with Crippen molar-refractivity contribution in [3.8, 4) is 0 Å². The fraction of sp³-hybridized carbons (Fsp3) is 0.400. The lowest BCUT2D eigenvalue weighted by Gasteiger charge is -2.07. The Morgan fingerprint density at radius 2 is 2.11 bits per heavy atom. The first kappa shape index (κ1) is 12.1. The first-order chi connectivity index (χ1) is 8.69. The van der Waals surface area contributed by atoms with Gasteiger partial charge in [-0.1, -0.05) is 0 Å². The van der Waals surface area contributed by atoms with E-state index in [1.807, 2.05) is 11.6 Å². The molecule has 0 atom stereocenters. The summed E-state index contributed by atoms with van der Waals surface area (Å²) in [5.41, 5.74) is 5.60. The summed E-state index contributed by atoms with van der Waals surface area (Å²) in [5.74, 6) is 2.53. The highest BCUT2D eigenvalue weighted by atomic mass is 15.2. The van der Waals surface area contributed by atoms with Gasteiger partial charge in [-0.3, -0.25) is 0 Å². The van der Waals surface area contributed by atoms with E-state index in [1.54, 1.807) is 19.4 Å². The van der Waals surface area contributed by atoms with E-state index >= 15 is 0 Å². The van der Waals surface area contributed by atoms with Gasteiger partial charge in [0.25, 0.3) is 0 Å². The predicted molar refractivity (Wildman–Crippen MR) is 69.2 cm³/mol. The second-order valence-electron chi connectivity index (χ2n) is 3.78. The molecule has 0 saturated carbocycles. The highest BCUT2D eigenvalue weighted by Crippen LogP contribution is 2.11. The molecule has 0 aliphatic rings. The molecule has 0 amide bonds. The van der Waals surface area contributed by atoms with Gasteiger partial charge in [-0.25, -0.2) is 0 Å². The molecule has 96 valence electrons. The number of aryl methyl sites for hydroxylation is 1. The molecule has 2 aromatic heterocycles. The minimum atomic E-state index is 0.239. The smallest absolute Gasteiger partial charge is 0.223 e. The van der Waals surface area contributed by atoms with Crippen molar-refractivity contribution in [1.29, 1.82) is 0 Å². The van der Waals surface area contributed by atoms with Crippen LogP contribution in [0.4, 0.5) is 17.6 Å². The molecule has 0 saturated heterocycles. The zero-order chi connectivity index (χ0) is 13.0. The monoisotopic (exact) mass is 248 g/mol. The fourth-order valence-electron chi connectivity index (χ4n) is 1.52. The largest absolute Gasteiger partial charge is 0.373 e. The Morgan fingerprint density at radius 3 is 2.78 bits per heavy atom. The SMILES string of the molecule is CNc1cc(NCCc2nncn2C)nc(N)n1. The fourth-order valence-corrected chi connectivity index (χ4v) is 1.52. The van der Waals surface area contributed by atoms with Crippen LogP contribution >= 0.6 is 0 Å². The number of hydrogen-bond donors (Lipinski definition) is 3. The maximum absolute atomic E-state index is 5.60. The molecule has 0 radical (unpaired) electrons. The summed E-state index contributed by atoms with van der Waals surface area (Å²) < 4.78 is 1.88. The van der Waals surface area contributed by atoms with Crippen molar-refractivity contribution in [2.45, 2.75) is 6.42 Å². The molecule has 0 spiro atoms. The first-order valence-corrected chi connectivity index (χ1v) is 5.58. The summed E-state index contributed by atoms with van der Waals surface area (Å²) in [6.45, 7) is 0.701. The standard InChI is InChI=1S/C10H16N8/c1-12-7-5-8(16-10(11)15-7)13-4-3-9-17-14-6-18(9)2/h5-6H,3-4H2,1-2H3,(H4,11,12,13,15,16). The Kier molecular flexibility index (Phi) is 3.56. The highest BCUT2D eigenvalue weighted by molar-refractivity contribution is 5.50. The number of nitrogen functional groups attached to an aromatic ring is 1. The van der Waals surface area contributed by atoms with Gasteiger partial charge in [0.1, 0.15) is 23.8 Å². The highest BCUT2D eigenvalue weighted by Gasteiger charge is 2.03. The number of anilines is 3. The van der Waals surface area contributed by atoms with Crippen molar-refractivity contribution >= 4 is 17.6 Å². The van der Waals surface area contributed by atoms with E-state index in [-0.39, 0.29) is 5.95 Å². The van der Waals surface area contributed by atoms with Crippen LogP contribution in [0, 0.1) is 0 Å². The quantitative estimate of drug-likeness (QED) is 0.677. The van der Waals surface area contributed by atoms with Crippen molar-refractivity contribution in [3.05, 3.63) is 18.2 Å². The Morgan fingerprint density at radius 1 is 1.33 bits per heavy atom. The van der Waals surface area contributed by atoms with Crippen LogP contribution in [0.25, 0.3) is 0 Å². The molecule has 2 heterocycles. The van der Waals surface area contributed by atoms with E-state index in [0.29, 0.717) is 18.2 Å². The van der Waals surface area contributed by atoms with Crippen molar-refractivity contribution < 1.29 is 0 Å². The van der Waals surface area contributed by atoms with Gasteiger partial charge in [-0.05, 0) is 0 Å². The second-order valence-corrected chi connectivity index (χ2v) is 3.78. The van der Waals surface area contributed by atoms with Crippen molar-refractivity contribution in [1.82, 2.24) is 24.7 Å². The summed E-state index contributed by atoms with van der Waals surface area (Å²) in [7, 11) is 3.70. The van der Waals surface area contributed by atoms with Gasteiger partial charge < -0.3 is 20.9 Å². The maximum atomic E-state index is 5.60. The average Bonchev–Trinajstić information content (AvgIpc) is 2.74. The lowest BCUT2D eigenvalue weighted by atomic mass is 10.4. The second kappa shape index (κ2) is 5.30. The molecule has 0 aliphatic heterocycles. The van der Waals surface area contributed by atoms with Gasteiger partial charge in [0.2, 0.25) is 5.95 Å². The van der Waals surface area contributed by atoms with Gasteiger partial charge in [0.05, 0.1) is 0 Å². The molecular formula is C10H16N8. The molecule has 0 bridgehead atoms. The average molecular weight is 248 g/mol. The molecule has 0 unspecified atom stereocenters. The number of aromatic nitrogens is 5. The molecule has 0 aliphatic carbocycles. The number of nitrogens with two attached hydrogens (primary N) is 1. The number of nitrogens with one attached hydrogen (secondary N) is 2. The van der Waals surface area contributed by atoms with Crippen LogP contribution < -0.4 is 16.4 Å². The molecule has 8 nitrogen and oxygen atoms in total. The topological polar surface area (TPSA) is 107 Å². The van der Waals surface area contributed by atoms with E-state index in [1.165, 1.54) is 0 Å². The molecule has 0 fully saturated rings. The molecule has 0 aromatic carbocycles. The maximum Gasteiger partial charge on any atom is 0.223 e. The predicted octanol–water partition coefficient (Wildman–Crippen LogP) is -0.116. The van der Waals surface area contributed by atoms with Crippen LogP contribution in [0.1, 0.15) is 5.82 Å². The number of rotatable bonds is 5. The summed E-state index contributed by atoms with van der Waals surface area (Å²) in [6.07, 6.45) is 2.44. The van der Waals surface area contributed by atoms with Crippen LogP contribution in [0.2, 0.25) is 0 Å². The zero-order valence-corrected chi connectivity index (χ0v) is 10.4. The lowest BCUT2D eigenvalue weighted by Crippen LogP contribution is -2.11. The molecule has 18 heavy (non-hydrogen) atoms. The van der Waals surface area contributed by atoms with Gasteiger partial charge in [-0.2, -0.15) is 9.97 Å². The van der Waals surface area contributed by atoms with E-state index in [9.17, 15) is 0 Å². The Balaban J connectivity index is 1.94. The minimum absolute atomic E-state index is 0.239. The van der Waals surface area contributed by atoms with E-state index < -0.39 is 0 Å². The Hall–Kier alpha value is -2.38. The first-order valence-electron chi connectivity index (χ1n) is 5.58. The molecule has 4 N–H and O–H groups in total. The van der Waals surface area contributed by atoms with Gasteiger partial charge >= 0.3 is 0 Å². The summed E-state index contributed by atoms with van der Waals surface area (Å²) in [6, 6.07) is 1.80. The number of hydrogen-bond acceptors (Lipinski definition) is 7. The van der Waals surface area contributed by atoms with Crippen LogP contribution in [0.5, 0.6) is 0 Å². The van der Waals surface area contributed by atoms with Gasteiger partial charge in [0, 0.05) is 33.1 Å². The molecule has 8 heteroatoms. The van der Waals surface area contributed by atoms with Crippen molar-refractivity contribution in [2.75, 3.05) is 30.0 Å². The van der Waals surface area contributed by atoms with E-state index in [0.717, 1.165) is 12.2 Å². The summed E-state index contributed by atoms with van der Waals surface area (Å²) in [5, 5.41) is 13.9. The normalized spacial score (nSPS) is 10.3. The third-order valence-electron chi connectivity index (χ3n) is 2.46. The zero-order valence-electron chi connectivity index (χ0n) is 10.4. The summed E-state index contributed by atoms with van der Waals surface area (Å²) in [4.78, 5) is 8.11. The Labute approximate surface area is 105 Å². The van der Waals surface area contributed by atoms with Crippen LogP contribution in [0.15, 0.2) is 12.4 Å². The van der Waals surface area contributed by atoms with Gasteiger partial charge in [-0.15, -0.1) is 10.2 Å². The van der Waals surface area contributed by atoms with E-state index in [4.69, 9.17) is 5.73 Å². The summed E-state index contributed by atoms with van der Waals surface area (Å²) >= 11 is 0. The molecule has 2 aromatic rings.